The molecule has 112 valence electrons. The van der Waals surface area contributed by atoms with Crippen LogP contribution in [0.4, 0.5) is 0 Å². The molecule has 20 heavy (non-hydrogen) atoms. The SMILES string of the molecule is CCCC1(C(=O)NC(C)(C)c2nccs2)CCCNC1. The van der Waals surface area contributed by atoms with Gasteiger partial charge >= 0.3 is 0 Å². The highest BCUT2D eigenvalue weighted by Crippen LogP contribution is 2.33. The van der Waals surface area contributed by atoms with E-state index in [2.05, 4.69) is 22.5 Å². The van der Waals surface area contributed by atoms with Crippen LogP contribution in [-0.4, -0.2) is 24.0 Å². The summed E-state index contributed by atoms with van der Waals surface area (Å²) in [6.07, 6.45) is 5.82. The average molecular weight is 295 g/mol. The lowest BCUT2D eigenvalue weighted by Gasteiger charge is -2.38. The summed E-state index contributed by atoms with van der Waals surface area (Å²) >= 11 is 1.59. The second-order valence-electron chi connectivity index (χ2n) is 6.23. The van der Waals surface area contributed by atoms with Crippen LogP contribution in [0.1, 0.15) is 51.5 Å². The average Bonchev–Trinajstić information content (AvgIpc) is 2.94. The Kier molecular flexibility index (Phi) is 4.81. The highest BCUT2D eigenvalue weighted by molar-refractivity contribution is 7.09. The standard InChI is InChI=1S/C15H25N3OS/c1-4-6-15(7-5-8-16-11-15)12(19)18-14(2,3)13-17-9-10-20-13/h9-10,16H,4-8,11H2,1-3H3,(H,18,19). The fraction of sp³-hybridized carbons (Fsp3) is 0.733. The van der Waals surface area contributed by atoms with E-state index in [-0.39, 0.29) is 11.3 Å². The Bertz CT molecular complexity index is 430. The zero-order valence-electron chi connectivity index (χ0n) is 12.7. The van der Waals surface area contributed by atoms with Gasteiger partial charge in [-0.25, -0.2) is 4.98 Å². The maximum atomic E-state index is 12.8. The number of carbonyl (C=O) groups excluding carboxylic acids is 1. The fourth-order valence-electron chi connectivity index (χ4n) is 2.97. The molecule has 2 rings (SSSR count). The maximum absolute atomic E-state index is 12.8. The van der Waals surface area contributed by atoms with Gasteiger partial charge in [0.1, 0.15) is 5.01 Å². The second-order valence-corrected chi connectivity index (χ2v) is 7.12. The van der Waals surface area contributed by atoms with E-state index >= 15 is 0 Å². The molecule has 0 aromatic carbocycles. The van der Waals surface area contributed by atoms with Gasteiger partial charge in [0, 0.05) is 18.1 Å². The van der Waals surface area contributed by atoms with E-state index in [0.717, 1.165) is 43.8 Å². The van der Waals surface area contributed by atoms with E-state index in [1.165, 1.54) is 0 Å². The molecule has 1 fully saturated rings. The third-order valence-electron chi connectivity index (χ3n) is 4.08. The van der Waals surface area contributed by atoms with Crippen molar-refractivity contribution in [3.63, 3.8) is 0 Å². The molecule has 1 aliphatic heterocycles. The minimum Gasteiger partial charge on any atom is -0.344 e. The minimum atomic E-state index is -0.399. The van der Waals surface area contributed by atoms with Gasteiger partial charge in [-0.2, -0.15) is 0 Å². The number of rotatable bonds is 5. The first-order valence-corrected chi connectivity index (χ1v) is 8.31. The molecular weight excluding hydrogens is 270 g/mol. The van der Waals surface area contributed by atoms with Gasteiger partial charge in [0.2, 0.25) is 5.91 Å². The number of thiazole rings is 1. The van der Waals surface area contributed by atoms with Crippen molar-refractivity contribution in [3.05, 3.63) is 16.6 Å². The molecule has 4 nitrogen and oxygen atoms in total. The summed E-state index contributed by atoms with van der Waals surface area (Å²) in [4.78, 5) is 17.2. The van der Waals surface area contributed by atoms with Crippen LogP contribution in [0, 0.1) is 5.41 Å². The summed E-state index contributed by atoms with van der Waals surface area (Å²) in [5, 5.41) is 9.52. The van der Waals surface area contributed by atoms with Crippen LogP contribution in [0.3, 0.4) is 0 Å². The first kappa shape index (κ1) is 15.4. The molecule has 0 radical (unpaired) electrons. The van der Waals surface area contributed by atoms with Gasteiger partial charge in [-0.15, -0.1) is 11.3 Å². The van der Waals surface area contributed by atoms with Gasteiger partial charge in [0.15, 0.2) is 0 Å². The lowest BCUT2D eigenvalue weighted by atomic mass is 9.75. The van der Waals surface area contributed by atoms with Gasteiger partial charge in [0.05, 0.1) is 11.0 Å². The quantitative estimate of drug-likeness (QED) is 0.878. The summed E-state index contributed by atoms with van der Waals surface area (Å²) < 4.78 is 0. The largest absolute Gasteiger partial charge is 0.344 e. The zero-order chi connectivity index (χ0) is 14.6. The Morgan fingerprint density at radius 2 is 2.40 bits per heavy atom. The number of amides is 1. The molecule has 0 saturated carbocycles. The van der Waals surface area contributed by atoms with Crippen LogP contribution in [0.5, 0.6) is 0 Å². The van der Waals surface area contributed by atoms with Crippen molar-refractivity contribution >= 4 is 17.2 Å². The molecule has 1 saturated heterocycles. The van der Waals surface area contributed by atoms with Crippen molar-refractivity contribution in [2.75, 3.05) is 13.1 Å². The van der Waals surface area contributed by atoms with Crippen LogP contribution in [-0.2, 0) is 10.3 Å². The molecule has 1 unspecified atom stereocenters. The number of nitrogens with zero attached hydrogens (tertiary/aromatic N) is 1. The molecule has 1 aromatic heterocycles. The molecule has 0 spiro atoms. The molecule has 0 aliphatic carbocycles. The van der Waals surface area contributed by atoms with Gasteiger partial charge in [0.25, 0.3) is 0 Å². The van der Waals surface area contributed by atoms with E-state index < -0.39 is 5.54 Å². The van der Waals surface area contributed by atoms with Gasteiger partial charge in [-0.1, -0.05) is 13.3 Å². The van der Waals surface area contributed by atoms with Crippen LogP contribution in [0.2, 0.25) is 0 Å². The predicted octanol–water partition coefficient (Wildman–Crippen LogP) is 2.66. The predicted molar refractivity (Wildman–Crippen MR) is 82.7 cm³/mol. The number of hydrogen-bond donors (Lipinski definition) is 2. The van der Waals surface area contributed by atoms with Crippen molar-refractivity contribution in [2.24, 2.45) is 5.41 Å². The summed E-state index contributed by atoms with van der Waals surface area (Å²) in [6, 6.07) is 0. The Morgan fingerprint density at radius 1 is 1.60 bits per heavy atom. The number of nitrogens with one attached hydrogen (secondary N) is 2. The Morgan fingerprint density at radius 3 is 2.95 bits per heavy atom. The molecule has 2 N–H and O–H groups in total. The number of piperidine rings is 1. The van der Waals surface area contributed by atoms with E-state index in [9.17, 15) is 4.79 Å². The molecule has 0 bridgehead atoms. The summed E-state index contributed by atoms with van der Waals surface area (Å²) in [6.45, 7) is 8.02. The van der Waals surface area contributed by atoms with Gasteiger partial charge in [-0.3, -0.25) is 4.79 Å². The monoisotopic (exact) mass is 295 g/mol. The first-order chi connectivity index (χ1) is 9.50. The van der Waals surface area contributed by atoms with Crippen molar-refractivity contribution in [1.82, 2.24) is 15.6 Å². The first-order valence-electron chi connectivity index (χ1n) is 7.43. The molecule has 2 heterocycles. The molecular formula is C15H25N3OS. The van der Waals surface area contributed by atoms with Gasteiger partial charge in [-0.05, 0) is 39.7 Å². The topological polar surface area (TPSA) is 54.0 Å². The second kappa shape index (κ2) is 6.22. The van der Waals surface area contributed by atoms with Crippen molar-refractivity contribution in [2.45, 2.75) is 52.0 Å². The minimum absolute atomic E-state index is 0.173. The van der Waals surface area contributed by atoms with Crippen LogP contribution < -0.4 is 10.6 Å². The van der Waals surface area contributed by atoms with Crippen molar-refractivity contribution in [3.8, 4) is 0 Å². The van der Waals surface area contributed by atoms with E-state index in [1.807, 2.05) is 19.2 Å². The molecule has 1 aromatic rings. The van der Waals surface area contributed by atoms with Crippen molar-refractivity contribution in [1.29, 1.82) is 0 Å². The number of hydrogen-bond acceptors (Lipinski definition) is 4. The lowest BCUT2D eigenvalue weighted by molar-refractivity contribution is -0.134. The van der Waals surface area contributed by atoms with Gasteiger partial charge < -0.3 is 10.6 Å². The summed E-state index contributed by atoms with van der Waals surface area (Å²) in [5.41, 5.74) is -0.648. The fourth-order valence-corrected chi connectivity index (χ4v) is 3.69. The lowest BCUT2D eigenvalue weighted by Crippen LogP contribution is -2.54. The van der Waals surface area contributed by atoms with Crippen LogP contribution in [0.15, 0.2) is 11.6 Å². The van der Waals surface area contributed by atoms with E-state index in [0.29, 0.717) is 0 Å². The van der Waals surface area contributed by atoms with Crippen LogP contribution in [0.25, 0.3) is 0 Å². The third kappa shape index (κ3) is 3.20. The normalized spacial score (nSPS) is 23.6. The van der Waals surface area contributed by atoms with Crippen LogP contribution >= 0.6 is 11.3 Å². The zero-order valence-corrected chi connectivity index (χ0v) is 13.5. The molecule has 1 atom stereocenters. The van der Waals surface area contributed by atoms with Crippen molar-refractivity contribution < 1.29 is 4.79 Å². The van der Waals surface area contributed by atoms with E-state index in [4.69, 9.17) is 0 Å². The smallest absolute Gasteiger partial charge is 0.228 e. The molecule has 1 aliphatic rings. The summed E-state index contributed by atoms with van der Waals surface area (Å²) in [5.74, 6) is 0.173. The molecule has 1 amide bonds. The Labute approximate surface area is 125 Å². The maximum Gasteiger partial charge on any atom is 0.228 e. The number of carbonyl (C=O) groups is 1. The Balaban J connectivity index is 2.12. The van der Waals surface area contributed by atoms with E-state index in [1.54, 1.807) is 17.5 Å². The molecule has 5 heteroatoms. The highest BCUT2D eigenvalue weighted by atomic mass is 32.1. The summed E-state index contributed by atoms with van der Waals surface area (Å²) in [7, 11) is 0. The highest BCUT2D eigenvalue weighted by Gasteiger charge is 2.41. The number of aromatic nitrogens is 1. The third-order valence-corrected chi connectivity index (χ3v) is 5.17. The Hall–Kier alpha value is -0.940.